The Labute approximate surface area is 166 Å². The van der Waals surface area contributed by atoms with Gasteiger partial charge in [0.25, 0.3) is 5.91 Å². The Morgan fingerprint density at radius 3 is 2.72 bits per heavy atom. The molecule has 0 radical (unpaired) electrons. The van der Waals surface area contributed by atoms with Crippen LogP contribution in [0.2, 0.25) is 0 Å². The van der Waals surface area contributed by atoms with E-state index in [4.69, 9.17) is 0 Å². The minimum atomic E-state index is -0.750. The Hall–Kier alpha value is -3.36. The summed E-state index contributed by atoms with van der Waals surface area (Å²) in [6, 6.07) is 6.31. The average Bonchev–Trinajstić information content (AvgIpc) is 3.19. The second-order valence-electron chi connectivity index (χ2n) is 7.18. The molecule has 7 nitrogen and oxygen atoms in total. The molecule has 0 spiro atoms. The fourth-order valence-electron chi connectivity index (χ4n) is 3.28. The number of halogens is 2. The fourth-order valence-corrected chi connectivity index (χ4v) is 3.28. The zero-order valence-corrected chi connectivity index (χ0v) is 15.8. The highest BCUT2D eigenvalue weighted by molar-refractivity contribution is 6.03. The highest BCUT2D eigenvalue weighted by Gasteiger charge is 2.19. The van der Waals surface area contributed by atoms with Crippen molar-refractivity contribution in [3.8, 4) is 11.3 Å². The first-order chi connectivity index (χ1) is 14.0. The van der Waals surface area contributed by atoms with Crippen molar-refractivity contribution in [1.29, 1.82) is 0 Å². The van der Waals surface area contributed by atoms with Crippen LogP contribution in [0.4, 0.5) is 20.4 Å². The van der Waals surface area contributed by atoms with E-state index in [1.54, 1.807) is 6.07 Å². The van der Waals surface area contributed by atoms with Crippen LogP contribution in [-0.4, -0.2) is 39.2 Å². The summed E-state index contributed by atoms with van der Waals surface area (Å²) in [6.45, 7) is 4.07. The number of amides is 1. The zero-order valence-electron chi connectivity index (χ0n) is 15.8. The average molecular weight is 398 g/mol. The third-order valence-electron chi connectivity index (χ3n) is 5.03. The van der Waals surface area contributed by atoms with E-state index in [2.05, 4.69) is 37.3 Å². The van der Waals surface area contributed by atoms with Crippen molar-refractivity contribution in [1.82, 2.24) is 20.2 Å². The number of aromatic nitrogens is 4. The number of H-pyrrole nitrogens is 1. The van der Waals surface area contributed by atoms with Crippen molar-refractivity contribution in [3.05, 3.63) is 54.0 Å². The molecule has 1 fully saturated rings. The number of nitrogens with one attached hydrogen (secondary N) is 2. The molecule has 150 valence electrons. The number of carbonyl (C=O) groups excluding carboxylic acids is 1. The maximum atomic E-state index is 13.9. The fraction of sp³-hybridized carbons (Fsp3) is 0.300. The smallest absolute Gasteiger partial charge is 0.274 e. The van der Waals surface area contributed by atoms with Crippen LogP contribution in [0.1, 0.15) is 30.3 Å². The topological polar surface area (TPSA) is 86.8 Å². The molecule has 0 aliphatic carbocycles. The molecular weight excluding hydrogens is 378 g/mol. The van der Waals surface area contributed by atoms with Crippen molar-refractivity contribution < 1.29 is 13.6 Å². The largest absolute Gasteiger partial charge is 0.356 e. The predicted molar refractivity (Wildman–Crippen MR) is 105 cm³/mol. The van der Waals surface area contributed by atoms with E-state index in [-0.39, 0.29) is 17.0 Å². The molecule has 0 bridgehead atoms. The van der Waals surface area contributed by atoms with E-state index in [9.17, 15) is 13.6 Å². The van der Waals surface area contributed by atoms with Gasteiger partial charge in [-0.2, -0.15) is 5.10 Å². The molecule has 1 aliphatic rings. The zero-order chi connectivity index (χ0) is 20.4. The minimum absolute atomic E-state index is 0.102. The molecule has 3 aromatic rings. The standard InChI is InChI=1S/C20H20F2N6O/c1-12-4-6-28(7-5-12)19-10-18(23-11-24-19)25-20(29)17-9-16(26-27-17)14-3-2-13(21)8-15(14)22/h2-3,8-12H,4-7H2,1H3,(H,26,27)(H,23,24,25,29). The lowest BCUT2D eigenvalue weighted by atomic mass is 9.99. The Balaban J connectivity index is 1.47. The van der Waals surface area contributed by atoms with Gasteiger partial charge in [-0.1, -0.05) is 6.92 Å². The third-order valence-corrected chi connectivity index (χ3v) is 5.03. The van der Waals surface area contributed by atoms with Crippen molar-refractivity contribution >= 4 is 17.5 Å². The van der Waals surface area contributed by atoms with Crippen LogP contribution in [0.5, 0.6) is 0 Å². The molecule has 1 aliphatic heterocycles. The molecule has 2 N–H and O–H groups in total. The van der Waals surface area contributed by atoms with Gasteiger partial charge in [-0.25, -0.2) is 18.7 Å². The molecule has 9 heteroatoms. The van der Waals surface area contributed by atoms with E-state index in [0.717, 1.165) is 43.9 Å². The van der Waals surface area contributed by atoms with Crippen LogP contribution >= 0.6 is 0 Å². The van der Waals surface area contributed by atoms with E-state index >= 15 is 0 Å². The first kappa shape index (κ1) is 19.0. The van der Waals surface area contributed by atoms with Gasteiger partial charge >= 0.3 is 0 Å². The summed E-state index contributed by atoms with van der Waals surface area (Å²) in [5, 5.41) is 9.21. The number of anilines is 2. The number of aromatic amines is 1. The van der Waals surface area contributed by atoms with Crippen LogP contribution in [0.3, 0.4) is 0 Å². The van der Waals surface area contributed by atoms with Crippen molar-refractivity contribution in [2.24, 2.45) is 5.92 Å². The molecule has 29 heavy (non-hydrogen) atoms. The first-order valence-corrected chi connectivity index (χ1v) is 9.39. The molecule has 3 heterocycles. The monoisotopic (exact) mass is 398 g/mol. The van der Waals surface area contributed by atoms with E-state index in [1.165, 1.54) is 18.5 Å². The van der Waals surface area contributed by atoms with Crippen LogP contribution in [0, 0.1) is 17.6 Å². The van der Waals surface area contributed by atoms with Gasteiger partial charge in [0.05, 0.1) is 5.69 Å². The molecule has 1 aromatic carbocycles. The number of nitrogens with zero attached hydrogens (tertiary/aromatic N) is 4. The number of hydrogen-bond acceptors (Lipinski definition) is 5. The predicted octanol–water partition coefficient (Wildman–Crippen LogP) is 3.63. The molecular formula is C20H20F2N6O. The number of benzene rings is 1. The maximum Gasteiger partial charge on any atom is 0.274 e. The molecule has 0 atom stereocenters. The van der Waals surface area contributed by atoms with Gasteiger partial charge in [-0.05, 0) is 37.0 Å². The second-order valence-corrected chi connectivity index (χ2v) is 7.18. The lowest BCUT2D eigenvalue weighted by Crippen LogP contribution is -2.33. The lowest BCUT2D eigenvalue weighted by Gasteiger charge is -2.31. The van der Waals surface area contributed by atoms with Gasteiger partial charge < -0.3 is 10.2 Å². The first-order valence-electron chi connectivity index (χ1n) is 9.39. The normalized spacial score (nSPS) is 14.8. The number of carbonyl (C=O) groups is 1. The summed E-state index contributed by atoms with van der Waals surface area (Å²) >= 11 is 0. The minimum Gasteiger partial charge on any atom is -0.356 e. The number of hydrogen-bond donors (Lipinski definition) is 2. The Morgan fingerprint density at radius 1 is 1.17 bits per heavy atom. The Morgan fingerprint density at radius 2 is 1.97 bits per heavy atom. The molecule has 0 unspecified atom stereocenters. The van der Waals surface area contributed by atoms with Crippen LogP contribution < -0.4 is 10.2 Å². The SMILES string of the molecule is CC1CCN(c2cc(NC(=O)c3cc(-c4ccc(F)cc4F)n[nH]3)ncn2)CC1. The van der Waals surface area contributed by atoms with Crippen molar-refractivity contribution in [2.75, 3.05) is 23.3 Å². The number of piperidine rings is 1. The van der Waals surface area contributed by atoms with Crippen LogP contribution in [0.15, 0.2) is 36.7 Å². The van der Waals surface area contributed by atoms with E-state index in [0.29, 0.717) is 11.7 Å². The van der Waals surface area contributed by atoms with Gasteiger partial charge in [-0.3, -0.25) is 9.89 Å². The molecule has 2 aromatic heterocycles. The van der Waals surface area contributed by atoms with Crippen LogP contribution in [-0.2, 0) is 0 Å². The van der Waals surface area contributed by atoms with Crippen molar-refractivity contribution in [3.63, 3.8) is 0 Å². The maximum absolute atomic E-state index is 13.9. The lowest BCUT2D eigenvalue weighted by molar-refractivity contribution is 0.102. The molecule has 1 saturated heterocycles. The van der Waals surface area contributed by atoms with Gasteiger partial charge in [0.1, 0.15) is 35.3 Å². The Bertz CT molecular complexity index is 1030. The van der Waals surface area contributed by atoms with Crippen LogP contribution in [0.25, 0.3) is 11.3 Å². The van der Waals surface area contributed by atoms with Gasteiger partial charge in [0, 0.05) is 30.8 Å². The molecule has 0 saturated carbocycles. The Kier molecular flexibility index (Phi) is 5.20. The highest BCUT2D eigenvalue weighted by Crippen LogP contribution is 2.24. The third kappa shape index (κ3) is 4.23. The number of rotatable bonds is 4. The summed E-state index contributed by atoms with van der Waals surface area (Å²) in [5.74, 6) is -0.0678. The second kappa shape index (κ2) is 7.94. The van der Waals surface area contributed by atoms with Gasteiger partial charge in [-0.15, -0.1) is 0 Å². The van der Waals surface area contributed by atoms with E-state index in [1.807, 2.05) is 0 Å². The quantitative estimate of drug-likeness (QED) is 0.701. The summed E-state index contributed by atoms with van der Waals surface area (Å²) < 4.78 is 27.0. The van der Waals surface area contributed by atoms with Gasteiger partial charge in [0.2, 0.25) is 0 Å². The van der Waals surface area contributed by atoms with Gasteiger partial charge in [0.15, 0.2) is 0 Å². The summed E-state index contributed by atoms with van der Waals surface area (Å²) in [4.78, 5) is 23.1. The summed E-state index contributed by atoms with van der Waals surface area (Å²) in [5.41, 5.74) is 0.444. The summed E-state index contributed by atoms with van der Waals surface area (Å²) in [6.07, 6.45) is 3.61. The van der Waals surface area contributed by atoms with E-state index < -0.39 is 17.5 Å². The van der Waals surface area contributed by atoms with Crippen molar-refractivity contribution in [2.45, 2.75) is 19.8 Å². The molecule has 4 rings (SSSR count). The summed E-state index contributed by atoms with van der Waals surface area (Å²) in [7, 11) is 0. The highest BCUT2D eigenvalue weighted by atomic mass is 19.1. The molecule has 1 amide bonds.